The Morgan fingerprint density at radius 2 is 1.59 bits per heavy atom. The van der Waals surface area contributed by atoms with Crippen molar-refractivity contribution in [3.8, 4) is 0 Å². The number of para-hydroxylation sites is 1. The molecule has 4 aromatic rings. The van der Waals surface area contributed by atoms with Crippen molar-refractivity contribution in [1.82, 2.24) is 5.32 Å². The summed E-state index contributed by atoms with van der Waals surface area (Å²) in [6.45, 7) is 3.86. The fourth-order valence-electron chi connectivity index (χ4n) is 3.32. The van der Waals surface area contributed by atoms with Crippen molar-refractivity contribution >= 4 is 33.3 Å². The largest absolute Gasteiger partial charge is 0.459 e. The molecular weight excluding hydrogens is 336 g/mol. The highest BCUT2D eigenvalue weighted by atomic mass is 16.3. The molecular formula is C23H22N2O2. The van der Waals surface area contributed by atoms with Crippen molar-refractivity contribution in [2.75, 3.05) is 5.32 Å². The number of carbonyl (C=O) groups is 1. The standard InChI is InChI=1S/C23H22N2O2/c1-15(22-14-18-9-4-6-13-21(18)27-22)24-16(2)23(26)25-20-12-7-10-17-8-3-5-11-19(17)20/h3-16,24H,1-2H3,(H,25,26)/t15-,16-/m1/s1. The van der Waals surface area contributed by atoms with Crippen LogP contribution in [0.4, 0.5) is 5.69 Å². The van der Waals surface area contributed by atoms with Gasteiger partial charge in [0.15, 0.2) is 0 Å². The molecule has 136 valence electrons. The summed E-state index contributed by atoms with van der Waals surface area (Å²) in [5.74, 6) is 0.746. The summed E-state index contributed by atoms with van der Waals surface area (Å²) >= 11 is 0. The second kappa shape index (κ2) is 7.25. The number of rotatable bonds is 5. The smallest absolute Gasteiger partial charge is 0.241 e. The first-order valence-corrected chi connectivity index (χ1v) is 9.15. The highest BCUT2D eigenvalue weighted by Crippen LogP contribution is 2.25. The maximum atomic E-state index is 12.7. The minimum Gasteiger partial charge on any atom is -0.459 e. The number of fused-ring (bicyclic) bond motifs is 2. The molecule has 0 spiro atoms. The number of nitrogens with one attached hydrogen (secondary N) is 2. The van der Waals surface area contributed by atoms with Crippen LogP contribution in [0.25, 0.3) is 21.7 Å². The van der Waals surface area contributed by atoms with E-state index in [9.17, 15) is 4.79 Å². The minimum absolute atomic E-state index is 0.0747. The van der Waals surface area contributed by atoms with Crippen molar-refractivity contribution in [2.45, 2.75) is 25.9 Å². The van der Waals surface area contributed by atoms with Gasteiger partial charge in [-0.1, -0.05) is 54.6 Å². The van der Waals surface area contributed by atoms with Crippen molar-refractivity contribution in [3.05, 3.63) is 78.6 Å². The number of furan rings is 1. The van der Waals surface area contributed by atoms with Gasteiger partial charge in [0, 0.05) is 16.5 Å². The Kier molecular flexibility index (Phi) is 4.65. The van der Waals surface area contributed by atoms with Gasteiger partial charge >= 0.3 is 0 Å². The highest BCUT2D eigenvalue weighted by Gasteiger charge is 2.19. The molecule has 2 N–H and O–H groups in total. The molecule has 0 bridgehead atoms. The first-order valence-electron chi connectivity index (χ1n) is 9.15. The van der Waals surface area contributed by atoms with Gasteiger partial charge in [0.2, 0.25) is 5.91 Å². The van der Waals surface area contributed by atoms with Gasteiger partial charge in [-0.3, -0.25) is 10.1 Å². The molecule has 0 aliphatic rings. The first kappa shape index (κ1) is 17.3. The Morgan fingerprint density at radius 3 is 2.41 bits per heavy atom. The van der Waals surface area contributed by atoms with Crippen LogP contribution >= 0.6 is 0 Å². The van der Waals surface area contributed by atoms with E-state index in [0.717, 1.165) is 33.2 Å². The molecule has 0 saturated heterocycles. The molecule has 0 aliphatic heterocycles. The average molecular weight is 358 g/mol. The molecule has 0 saturated carbocycles. The van der Waals surface area contributed by atoms with Crippen molar-refractivity contribution in [3.63, 3.8) is 0 Å². The van der Waals surface area contributed by atoms with E-state index >= 15 is 0 Å². The fraction of sp³-hybridized carbons (Fsp3) is 0.174. The number of anilines is 1. The summed E-state index contributed by atoms with van der Waals surface area (Å²) in [7, 11) is 0. The van der Waals surface area contributed by atoms with Gasteiger partial charge in [-0.2, -0.15) is 0 Å². The molecule has 0 fully saturated rings. The summed E-state index contributed by atoms with van der Waals surface area (Å²) in [6.07, 6.45) is 0. The van der Waals surface area contributed by atoms with Gasteiger partial charge in [0.05, 0.1) is 12.1 Å². The maximum Gasteiger partial charge on any atom is 0.241 e. The second-order valence-corrected chi connectivity index (χ2v) is 6.81. The van der Waals surface area contributed by atoms with E-state index in [1.165, 1.54) is 0 Å². The van der Waals surface area contributed by atoms with Crippen LogP contribution in [0.1, 0.15) is 25.6 Å². The van der Waals surface area contributed by atoms with E-state index in [2.05, 4.69) is 10.6 Å². The zero-order valence-corrected chi connectivity index (χ0v) is 15.4. The van der Waals surface area contributed by atoms with Crippen LogP contribution in [-0.4, -0.2) is 11.9 Å². The SMILES string of the molecule is C[C@@H](N[C@H](C)c1cc2ccccc2o1)C(=O)Nc1cccc2ccccc12. The van der Waals surface area contributed by atoms with Crippen molar-refractivity contribution < 1.29 is 9.21 Å². The summed E-state index contributed by atoms with van der Waals surface area (Å²) in [5.41, 5.74) is 1.68. The van der Waals surface area contributed by atoms with Crippen LogP contribution < -0.4 is 10.6 Å². The summed E-state index contributed by atoms with van der Waals surface area (Å²) < 4.78 is 5.89. The van der Waals surface area contributed by atoms with Crippen molar-refractivity contribution in [2.24, 2.45) is 0 Å². The second-order valence-electron chi connectivity index (χ2n) is 6.81. The summed E-state index contributed by atoms with van der Waals surface area (Å²) in [6, 6.07) is 23.4. The molecule has 1 amide bonds. The molecule has 4 heteroatoms. The van der Waals surface area contributed by atoms with Gasteiger partial charge in [-0.15, -0.1) is 0 Å². The summed E-state index contributed by atoms with van der Waals surface area (Å²) in [5, 5.41) is 9.56. The molecule has 0 radical (unpaired) electrons. The van der Waals surface area contributed by atoms with E-state index < -0.39 is 0 Å². The van der Waals surface area contributed by atoms with Crippen LogP contribution in [0.15, 0.2) is 77.2 Å². The van der Waals surface area contributed by atoms with Gasteiger partial charge in [0.1, 0.15) is 11.3 Å². The third-order valence-electron chi connectivity index (χ3n) is 4.81. The average Bonchev–Trinajstić information content (AvgIpc) is 3.12. The molecule has 3 aromatic carbocycles. The van der Waals surface area contributed by atoms with Crippen LogP contribution in [0, 0.1) is 0 Å². The van der Waals surface area contributed by atoms with E-state index in [1.807, 2.05) is 86.6 Å². The molecule has 4 rings (SSSR count). The van der Waals surface area contributed by atoms with Crippen LogP contribution in [-0.2, 0) is 4.79 Å². The molecule has 1 heterocycles. The topological polar surface area (TPSA) is 54.3 Å². The predicted molar refractivity (Wildman–Crippen MR) is 110 cm³/mol. The van der Waals surface area contributed by atoms with Crippen molar-refractivity contribution in [1.29, 1.82) is 0 Å². The molecule has 27 heavy (non-hydrogen) atoms. The molecule has 0 aliphatic carbocycles. The van der Waals surface area contributed by atoms with E-state index in [1.54, 1.807) is 0 Å². The van der Waals surface area contributed by atoms with Gasteiger partial charge < -0.3 is 9.73 Å². The lowest BCUT2D eigenvalue weighted by molar-refractivity contribution is -0.117. The van der Waals surface area contributed by atoms with E-state index in [0.29, 0.717) is 0 Å². The fourth-order valence-corrected chi connectivity index (χ4v) is 3.32. The normalized spacial score (nSPS) is 13.6. The van der Waals surface area contributed by atoms with Crippen LogP contribution in [0.2, 0.25) is 0 Å². The summed E-state index contributed by atoms with van der Waals surface area (Å²) in [4.78, 5) is 12.7. The number of hydrogen-bond donors (Lipinski definition) is 2. The lowest BCUT2D eigenvalue weighted by Crippen LogP contribution is -2.39. The first-order chi connectivity index (χ1) is 13.1. The number of hydrogen-bond acceptors (Lipinski definition) is 3. The molecule has 1 aromatic heterocycles. The Hall–Kier alpha value is -3.11. The predicted octanol–water partition coefficient (Wildman–Crippen LogP) is 5.26. The zero-order valence-electron chi connectivity index (χ0n) is 15.4. The van der Waals surface area contributed by atoms with Crippen LogP contribution in [0.5, 0.6) is 0 Å². The molecule has 0 unspecified atom stereocenters. The minimum atomic E-state index is -0.368. The van der Waals surface area contributed by atoms with E-state index in [-0.39, 0.29) is 18.0 Å². The monoisotopic (exact) mass is 358 g/mol. The lowest BCUT2D eigenvalue weighted by Gasteiger charge is -2.18. The van der Waals surface area contributed by atoms with Gasteiger partial charge in [-0.25, -0.2) is 0 Å². The Labute approximate surface area is 158 Å². The third-order valence-corrected chi connectivity index (χ3v) is 4.81. The number of amides is 1. The van der Waals surface area contributed by atoms with E-state index in [4.69, 9.17) is 4.42 Å². The highest BCUT2D eigenvalue weighted by molar-refractivity contribution is 6.03. The molecule has 4 nitrogen and oxygen atoms in total. The van der Waals surface area contributed by atoms with Crippen LogP contribution in [0.3, 0.4) is 0 Å². The Bertz CT molecular complexity index is 1060. The molecule has 2 atom stereocenters. The Balaban J connectivity index is 1.47. The maximum absolute atomic E-state index is 12.7. The number of carbonyl (C=O) groups excluding carboxylic acids is 1. The van der Waals surface area contributed by atoms with Gasteiger partial charge in [0.25, 0.3) is 0 Å². The third kappa shape index (κ3) is 3.57. The number of benzene rings is 3. The lowest BCUT2D eigenvalue weighted by atomic mass is 10.1. The van der Waals surface area contributed by atoms with Gasteiger partial charge in [-0.05, 0) is 37.4 Å². The quantitative estimate of drug-likeness (QED) is 0.511. The zero-order chi connectivity index (χ0) is 18.8. The Morgan fingerprint density at radius 1 is 0.889 bits per heavy atom.